The van der Waals surface area contributed by atoms with Gasteiger partial charge >= 0.3 is 0 Å². The number of fused-ring (bicyclic) bond motifs is 2. The first-order valence-corrected chi connectivity index (χ1v) is 13.3. The molecule has 1 aliphatic heterocycles. The molecule has 37 heavy (non-hydrogen) atoms. The van der Waals surface area contributed by atoms with Gasteiger partial charge in [0.15, 0.2) is 5.13 Å². The number of halogens is 1. The summed E-state index contributed by atoms with van der Waals surface area (Å²) in [7, 11) is 0. The van der Waals surface area contributed by atoms with Crippen molar-refractivity contribution in [3.05, 3.63) is 88.9 Å². The molecule has 1 aromatic heterocycles. The Bertz CT molecular complexity index is 1470. The van der Waals surface area contributed by atoms with Crippen LogP contribution in [0.4, 0.5) is 9.52 Å². The standard InChI is InChI=1S/C30H31FN4OS/c1-4-33-19(2)26(15-21-5-9-25(31)10-6-21)20(3)35-13-14-36-28-11-7-22(16-24(28)18-35)23-8-12-29-27(17-23)34-30(32)37-29/h4-12,16-17,20H,13-15,18H2,1-3H3,(H2,32,34)/b26-19-,33-4?. The Kier molecular flexibility index (Phi) is 7.35. The van der Waals surface area contributed by atoms with Gasteiger partial charge in [0.2, 0.25) is 0 Å². The number of aromatic nitrogens is 1. The third-order valence-electron chi connectivity index (χ3n) is 6.95. The zero-order chi connectivity index (χ0) is 25.9. The number of benzene rings is 3. The van der Waals surface area contributed by atoms with Crippen molar-refractivity contribution in [3.8, 4) is 16.9 Å². The predicted octanol–water partition coefficient (Wildman–Crippen LogP) is 6.87. The fourth-order valence-electron chi connectivity index (χ4n) is 4.95. The summed E-state index contributed by atoms with van der Waals surface area (Å²) in [4.78, 5) is 11.5. The third-order valence-corrected chi connectivity index (χ3v) is 7.82. The molecule has 3 aromatic carbocycles. The first-order valence-electron chi connectivity index (χ1n) is 12.5. The summed E-state index contributed by atoms with van der Waals surface area (Å²) in [5.74, 6) is 0.699. The normalized spacial score (nSPS) is 15.8. The highest BCUT2D eigenvalue weighted by molar-refractivity contribution is 7.22. The van der Waals surface area contributed by atoms with E-state index in [0.29, 0.717) is 18.2 Å². The molecule has 0 saturated heterocycles. The van der Waals surface area contributed by atoms with Crippen molar-refractivity contribution < 1.29 is 9.13 Å². The molecule has 5 nitrogen and oxygen atoms in total. The van der Waals surface area contributed by atoms with E-state index in [1.165, 1.54) is 29.0 Å². The Balaban J connectivity index is 1.44. The van der Waals surface area contributed by atoms with Gasteiger partial charge in [0.1, 0.15) is 18.2 Å². The number of hydrogen-bond donors (Lipinski definition) is 1. The highest BCUT2D eigenvalue weighted by atomic mass is 32.1. The Morgan fingerprint density at radius 2 is 1.92 bits per heavy atom. The summed E-state index contributed by atoms with van der Waals surface area (Å²) in [6.45, 7) is 8.37. The topological polar surface area (TPSA) is 63.7 Å². The van der Waals surface area contributed by atoms with Crippen LogP contribution in [-0.2, 0) is 13.0 Å². The molecule has 0 amide bonds. The van der Waals surface area contributed by atoms with Crippen molar-refractivity contribution in [1.82, 2.24) is 9.88 Å². The van der Waals surface area contributed by atoms with Crippen LogP contribution >= 0.6 is 11.3 Å². The summed E-state index contributed by atoms with van der Waals surface area (Å²) in [5, 5.41) is 0.583. The average molecular weight is 515 g/mol. The van der Waals surface area contributed by atoms with Crippen LogP contribution in [0.15, 0.2) is 76.9 Å². The van der Waals surface area contributed by atoms with Crippen molar-refractivity contribution in [2.24, 2.45) is 4.99 Å². The summed E-state index contributed by atoms with van der Waals surface area (Å²) >= 11 is 1.50. The number of ether oxygens (including phenoxy) is 1. The lowest BCUT2D eigenvalue weighted by Crippen LogP contribution is -2.36. The monoisotopic (exact) mass is 514 g/mol. The van der Waals surface area contributed by atoms with Gasteiger partial charge in [0.05, 0.1) is 10.2 Å². The number of aliphatic imine (C=N–C) groups is 1. The molecule has 1 unspecified atom stereocenters. The Hall–Kier alpha value is -3.55. The van der Waals surface area contributed by atoms with Crippen LogP contribution in [0.2, 0.25) is 0 Å². The van der Waals surface area contributed by atoms with E-state index in [1.54, 1.807) is 0 Å². The van der Waals surface area contributed by atoms with Crippen LogP contribution in [-0.4, -0.2) is 35.3 Å². The molecule has 0 radical (unpaired) electrons. The minimum Gasteiger partial charge on any atom is -0.492 e. The van der Waals surface area contributed by atoms with Crippen LogP contribution in [0.25, 0.3) is 21.3 Å². The number of nitrogens with zero attached hydrogens (tertiary/aromatic N) is 3. The largest absolute Gasteiger partial charge is 0.492 e. The highest BCUT2D eigenvalue weighted by Crippen LogP contribution is 2.33. The third kappa shape index (κ3) is 5.58. The molecule has 0 spiro atoms. The molecule has 5 rings (SSSR count). The Morgan fingerprint density at radius 3 is 2.70 bits per heavy atom. The SMILES string of the molecule is CC=N/C(C)=C(/Cc1ccc(F)cc1)C(C)N1CCOc2ccc(-c3ccc4sc(N)nc4c3)cc2C1. The van der Waals surface area contributed by atoms with E-state index >= 15 is 0 Å². The Labute approximate surface area is 221 Å². The number of anilines is 1. The highest BCUT2D eigenvalue weighted by Gasteiger charge is 2.24. The van der Waals surface area contributed by atoms with Crippen molar-refractivity contribution in [2.45, 2.75) is 39.8 Å². The average Bonchev–Trinajstić information content (AvgIpc) is 3.13. The zero-order valence-electron chi connectivity index (χ0n) is 21.4. The first kappa shape index (κ1) is 25.1. The molecule has 190 valence electrons. The van der Waals surface area contributed by atoms with Gasteiger partial charge in [0.25, 0.3) is 0 Å². The van der Waals surface area contributed by atoms with Crippen LogP contribution < -0.4 is 10.5 Å². The van der Waals surface area contributed by atoms with Crippen molar-refractivity contribution in [2.75, 3.05) is 18.9 Å². The second kappa shape index (κ2) is 10.8. The quantitative estimate of drug-likeness (QED) is 0.285. The maximum absolute atomic E-state index is 13.5. The molecule has 4 aromatic rings. The van der Waals surface area contributed by atoms with Gasteiger partial charge in [-0.3, -0.25) is 9.89 Å². The zero-order valence-corrected chi connectivity index (χ0v) is 22.2. The molecule has 2 heterocycles. The molecule has 1 aliphatic rings. The summed E-state index contributed by atoms with van der Waals surface area (Å²) < 4.78 is 20.7. The second-order valence-corrected chi connectivity index (χ2v) is 10.4. The minimum absolute atomic E-state index is 0.126. The van der Waals surface area contributed by atoms with Gasteiger partial charge in [0, 0.05) is 36.6 Å². The molecule has 0 bridgehead atoms. The maximum atomic E-state index is 13.5. The van der Waals surface area contributed by atoms with Gasteiger partial charge in [-0.25, -0.2) is 9.37 Å². The van der Waals surface area contributed by atoms with Gasteiger partial charge in [-0.1, -0.05) is 35.6 Å². The first-order chi connectivity index (χ1) is 17.9. The van der Waals surface area contributed by atoms with Gasteiger partial charge < -0.3 is 10.5 Å². The smallest absolute Gasteiger partial charge is 0.181 e. The van der Waals surface area contributed by atoms with E-state index in [4.69, 9.17) is 10.5 Å². The van der Waals surface area contributed by atoms with Crippen molar-refractivity contribution in [1.29, 1.82) is 0 Å². The molecule has 1 atom stereocenters. The van der Waals surface area contributed by atoms with Gasteiger partial charge in [-0.2, -0.15) is 0 Å². The predicted molar refractivity (Wildman–Crippen MR) is 152 cm³/mol. The lowest BCUT2D eigenvalue weighted by atomic mass is 9.96. The second-order valence-electron chi connectivity index (χ2n) is 9.35. The lowest BCUT2D eigenvalue weighted by Gasteiger charge is -2.30. The summed E-state index contributed by atoms with van der Waals surface area (Å²) in [5.41, 5.74) is 13.5. The van der Waals surface area contributed by atoms with Crippen LogP contribution in [0.3, 0.4) is 0 Å². The summed E-state index contributed by atoms with van der Waals surface area (Å²) in [6.07, 6.45) is 2.54. The fraction of sp³-hybridized carbons (Fsp3) is 0.267. The van der Waals surface area contributed by atoms with Crippen molar-refractivity contribution in [3.63, 3.8) is 0 Å². The van der Waals surface area contributed by atoms with E-state index < -0.39 is 0 Å². The van der Waals surface area contributed by atoms with Crippen LogP contribution in [0.5, 0.6) is 5.75 Å². The molecule has 0 fully saturated rings. The number of rotatable bonds is 6. The van der Waals surface area contributed by atoms with Gasteiger partial charge in [-0.15, -0.1) is 0 Å². The fourth-order valence-corrected chi connectivity index (χ4v) is 5.66. The number of allylic oxidation sites excluding steroid dienone is 1. The molecular weight excluding hydrogens is 483 g/mol. The molecule has 0 aliphatic carbocycles. The number of nitrogen functional groups attached to an aromatic ring is 1. The lowest BCUT2D eigenvalue weighted by molar-refractivity contribution is 0.195. The molecule has 7 heteroatoms. The Morgan fingerprint density at radius 1 is 1.16 bits per heavy atom. The van der Waals surface area contributed by atoms with Crippen LogP contribution in [0.1, 0.15) is 31.9 Å². The van der Waals surface area contributed by atoms with Crippen molar-refractivity contribution >= 4 is 32.9 Å². The van der Waals surface area contributed by atoms with E-state index in [1.807, 2.05) is 25.3 Å². The number of thiazole rings is 1. The number of hydrogen-bond acceptors (Lipinski definition) is 6. The molecular formula is C30H31FN4OS. The number of nitrogens with two attached hydrogens (primary N) is 1. The van der Waals surface area contributed by atoms with Gasteiger partial charge in [-0.05, 0) is 85.9 Å². The van der Waals surface area contributed by atoms with E-state index in [2.05, 4.69) is 65.1 Å². The van der Waals surface area contributed by atoms with E-state index in [9.17, 15) is 4.39 Å². The molecule has 0 saturated carbocycles. The summed E-state index contributed by atoms with van der Waals surface area (Å²) in [6, 6.07) is 19.6. The minimum atomic E-state index is -0.222. The molecule has 2 N–H and O–H groups in total. The van der Waals surface area contributed by atoms with E-state index in [-0.39, 0.29) is 11.9 Å². The van der Waals surface area contributed by atoms with Crippen LogP contribution in [0, 0.1) is 5.82 Å². The maximum Gasteiger partial charge on any atom is 0.181 e. The van der Waals surface area contributed by atoms with E-state index in [0.717, 1.165) is 57.0 Å².